The van der Waals surface area contributed by atoms with Crippen LogP contribution in [-0.4, -0.2) is 49.0 Å². The number of ether oxygens (including phenoxy) is 3. The molecule has 1 aliphatic heterocycles. The van der Waals surface area contributed by atoms with Gasteiger partial charge in [0.05, 0.1) is 38.7 Å². The zero-order valence-electron chi connectivity index (χ0n) is 13.2. The van der Waals surface area contributed by atoms with Gasteiger partial charge < -0.3 is 24.1 Å². The topological polar surface area (TPSA) is 88.1 Å². The van der Waals surface area contributed by atoms with E-state index in [1.165, 1.54) is 21.3 Å². The van der Waals surface area contributed by atoms with E-state index in [-0.39, 0.29) is 9.23 Å². The summed E-state index contributed by atoms with van der Waals surface area (Å²) in [6, 6.07) is 3.29. The molecule has 1 amide bonds. The standard InChI is InChI=1S/C15H15NO6S2/c1-20-9-6-11(22-3)10(21-2)4-8(9)5-12-14(19)16(7-13(17)18)15(23)24-12/h4-6H,7H2,1-3H3,(H,17,18)/p-1/b12-5+. The quantitative estimate of drug-likeness (QED) is 0.535. The highest BCUT2D eigenvalue weighted by Crippen LogP contribution is 2.38. The molecule has 2 rings (SSSR count). The van der Waals surface area contributed by atoms with E-state index in [4.69, 9.17) is 26.4 Å². The van der Waals surface area contributed by atoms with Gasteiger partial charge in [-0.15, -0.1) is 0 Å². The lowest BCUT2D eigenvalue weighted by atomic mass is 10.1. The number of carboxylic acids is 1. The molecule has 0 radical (unpaired) electrons. The summed E-state index contributed by atoms with van der Waals surface area (Å²) in [6.07, 6.45) is 1.56. The normalized spacial score (nSPS) is 15.8. The molecule has 7 nitrogen and oxygen atoms in total. The summed E-state index contributed by atoms with van der Waals surface area (Å²) in [6.45, 7) is -0.578. The lowest BCUT2D eigenvalue weighted by molar-refractivity contribution is -0.305. The van der Waals surface area contributed by atoms with Crippen molar-refractivity contribution in [1.82, 2.24) is 4.90 Å². The third-order valence-electron chi connectivity index (χ3n) is 3.18. The lowest BCUT2D eigenvalue weighted by Gasteiger charge is -2.14. The van der Waals surface area contributed by atoms with Crippen molar-refractivity contribution >= 4 is 46.3 Å². The molecule has 1 aliphatic rings. The van der Waals surface area contributed by atoms with Gasteiger partial charge in [-0.1, -0.05) is 24.0 Å². The summed E-state index contributed by atoms with van der Waals surface area (Å²) < 4.78 is 15.9. The van der Waals surface area contributed by atoms with Gasteiger partial charge in [-0.25, -0.2) is 0 Å². The minimum Gasteiger partial charge on any atom is -0.548 e. The fourth-order valence-electron chi connectivity index (χ4n) is 2.07. The van der Waals surface area contributed by atoms with Crippen LogP contribution < -0.4 is 19.3 Å². The summed E-state index contributed by atoms with van der Waals surface area (Å²) in [5, 5.41) is 10.7. The van der Waals surface area contributed by atoms with Crippen molar-refractivity contribution in [2.24, 2.45) is 0 Å². The van der Waals surface area contributed by atoms with Crippen molar-refractivity contribution in [1.29, 1.82) is 0 Å². The number of carbonyl (C=O) groups is 2. The molecule has 0 spiro atoms. The van der Waals surface area contributed by atoms with E-state index in [9.17, 15) is 14.7 Å². The van der Waals surface area contributed by atoms with Crippen molar-refractivity contribution < 1.29 is 28.9 Å². The van der Waals surface area contributed by atoms with Crippen LogP contribution >= 0.6 is 24.0 Å². The number of amides is 1. The summed E-state index contributed by atoms with van der Waals surface area (Å²) >= 11 is 6.05. The van der Waals surface area contributed by atoms with E-state index in [1.807, 2.05) is 0 Å². The van der Waals surface area contributed by atoms with Crippen LogP contribution in [-0.2, 0) is 9.59 Å². The maximum absolute atomic E-state index is 12.3. The molecule has 1 aromatic rings. The monoisotopic (exact) mass is 368 g/mol. The van der Waals surface area contributed by atoms with Crippen LogP contribution in [0.1, 0.15) is 5.56 Å². The highest BCUT2D eigenvalue weighted by atomic mass is 32.2. The van der Waals surface area contributed by atoms with Crippen LogP contribution in [0.5, 0.6) is 17.2 Å². The number of methoxy groups -OCH3 is 3. The molecule has 0 atom stereocenters. The minimum atomic E-state index is -1.38. The second kappa shape index (κ2) is 7.54. The number of carbonyl (C=O) groups excluding carboxylic acids is 2. The lowest BCUT2D eigenvalue weighted by Crippen LogP contribution is -2.40. The molecule has 0 saturated carbocycles. The maximum atomic E-state index is 12.3. The van der Waals surface area contributed by atoms with Crippen LogP contribution in [0.15, 0.2) is 17.0 Å². The Morgan fingerprint density at radius 3 is 2.33 bits per heavy atom. The Balaban J connectivity index is 2.42. The Bertz CT molecular complexity index is 731. The van der Waals surface area contributed by atoms with Gasteiger partial charge in [-0.05, 0) is 12.1 Å². The van der Waals surface area contributed by atoms with Gasteiger partial charge in [0.25, 0.3) is 5.91 Å². The summed E-state index contributed by atoms with van der Waals surface area (Å²) in [7, 11) is 4.48. The number of nitrogens with zero attached hydrogens (tertiary/aromatic N) is 1. The predicted octanol–water partition coefficient (Wildman–Crippen LogP) is 0.663. The van der Waals surface area contributed by atoms with Crippen molar-refractivity contribution in [3.63, 3.8) is 0 Å². The molecule has 0 N–H and O–H groups in total. The van der Waals surface area contributed by atoms with Gasteiger partial charge in [-0.3, -0.25) is 9.69 Å². The molecule has 0 aliphatic carbocycles. The van der Waals surface area contributed by atoms with Crippen LogP contribution in [0, 0.1) is 0 Å². The number of carboxylic acid groups (broad SMARTS) is 1. The Labute approximate surface area is 148 Å². The van der Waals surface area contributed by atoms with Gasteiger partial charge in [0.1, 0.15) is 10.1 Å². The molecular formula is C15H14NO6S2-. The van der Waals surface area contributed by atoms with Crippen LogP contribution in [0.2, 0.25) is 0 Å². The molecule has 0 aromatic heterocycles. The van der Waals surface area contributed by atoms with Crippen molar-refractivity contribution in [3.8, 4) is 17.2 Å². The van der Waals surface area contributed by atoms with Gasteiger partial charge in [-0.2, -0.15) is 0 Å². The van der Waals surface area contributed by atoms with E-state index in [1.54, 1.807) is 18.2 Å². The molecule has 1 heterocycles. The van der Waals surface area contributed by atoms with E-state index in [0.29, 0.717) is 22.8 Å². The maximum Gasteiger partial charge on any atom is 0.266 e. The van der Waals surface area contributed by atoms with E-state index in [2.05, 4.69) is 0 Å². The number of hydrogen-bond donors (Lipinski definition) is 0. The smallest absolute Gasteiger partial charge is 0.266 e. The minimum absolute atomic E-state index is 0.162. The second-order valence-electron chi connectivity index (χ2n) is 4.59. The highest BCUT2D eigenvalue weighted by Gasteiger charge is 2.32. The Kier molecular flexibility index (Phi) is 5.68. The van der Waals surface area contributed by atoms with Crippen LogP contribution in [0.3, 0.4) is 0 Å². The molecule has 0 bridgehead atoms. The first-order valence-corrected chi connectivity index (χ1v) is 7.89. The number of aliphatic carboxylic acids is 1. The molecule has 128 valence electrons. The van der Waals surface area contributed by atoms with Gasteiger partial charge in [0.15, 0.2) is 11.5 Å². The highest BCUT2D eigenvalue weighted by molar-refractivity contribution is 8.26. The number of hydrogen-bond acceptors (Lipinski definition) is 8. The molecular weight excluding hydrogens is 354 g/mol. The number of rotatable bonds is 6. The zero-order chi connectivity index (χ0) is 17.9. The second-order valence-corrected chi connectivity index (χ2v) is 6.26. The van der Waals surface area contributed by atoms with Crippen molar-refractivity contribution in [3.05, 3.63) is 22.6 Å². The third kappa shape index (κ3) is 3.62. The van der Waals surface area contributed by atoms with Gasteiger partial charge >= 0.3 is 0 Å². The largest absolute Gasteiger partial charge is 0.548 e. The molecule has 1 saturated heterocycles. The Morgan fingerprint density at radius 1 is 1.21 bits per heavy atom. The summed E-state index contributed by atoms with van der Waals surface area (Å²) in [4.78, 5) is 24.3. The number of thiocarbonyl (C=S) groups is 1. The third-order valence-corrected chi connectivity index (χ3v) is 4.56. The SMILES string of the molecule is COc1cc(OC)c(OC)cc1/C=C1/SC(=S)N(CC(=O)[O-])C1=O. The summed E-state index contributed by atoms with van der Waals surface area (Å²) in [5.41, 5.74) is 0.573. The van der Waals surface area contributed by atoms with Gasteiger partial charge in [0.2, 0.25) is 0 Å². The predicted molar refractivity (Wildman–Crippen MR) is 91.0 cm³/mol. The fraction of sp³-hybridized carbons (Fsp3) is 0.267. The van der Waals surface area contributed by atoms with E-state index >= 15 is 0 Å². The zero-order valence-corrected chi connectivity index (χ0v) is 14.8. The molecule has 1 aromatic carbocycles. The van der Waals surface area contributed by atoms with Crippen molar-refractivity contribution in [2.75, 3.05) is 27.9 Å². The average molecular weight is 368 g/mol. The Morgan fingerprint density at radius 2 is 1.79 bits per heavy atom. The number of thioether (sulfide) groups is 1. The van der Waals surface area contributed by atoms with Crippen LogP contribution in [0.4, 0.5) is 0 Å². The van der Waals surface area contributed by atoms with Crippen molar-refractivity contribution in [2.45, 2.75) is 0 Å². The first-order valence-electron chi connectivity index (χ1n) is 6.66. The van der Waals surface area contributed by atoms with E-state index in [0.717, 1.165) is 16.7 Å². The fourth-order valence-corrected chi connectivity index (χ4v) is 3.32. The molecule has 9 heteroatoms. The average Bonchev–Trinajstić information content (AvgIpc) is 2.81. The Hall–Kier alpha value is -2.26. The summed E-state index contributed by atoms with van der Waals surface area (Å²) in [5.74, 6) is -0.453. The van der Waals surface area contributed by atoms with E-state index < -0.39 is 18.4 Å². The first-order chi connectivity index (χ1) is 11.4. The van der Waals surface area contributed by atoms with Gasteiger partial charge in [0, 0.05) is 11.6 Å². The van der Waals surface area contributed by atoms with Crippen LogP contribution in [0.25, 0.3) is 6.08 Å². The number of benzene rings is 1. The first kappa shape index (κ1) is 18.1. The molecule has 24 heavy (non-hydrogen) atoms. The molecule has 0 unspecified atom stereocenters. The molecule has 1 fully saturated rings.